The molecule has 6 nitrogen and oxygen atoms in total. The minimum Gasteiger partial charge on any atom is -0.497 e. The van der Waals surface area contributed by atoms with Crippen LogP contribution in [-0.4, -0.2) is 33.2 Å². The Morgan fingerprint density at radius 1 is 0.811 bits per heavy atom. The first-order valence-electron chi connectivity index (χ1n) is 11.9. The molecule has 1 amide bonds. The van der Waals surface area contributed by atoms with Crippen LogP contribution in [0.25, 0.3) is 21.6 Å². The summed E-state index contributed by atoms with van der Waals surface area (Å²) in [6.45, 7) is 4.00. The van der Waals surface area contributed by atoms with Gasteiger partial charge < -0.3 is 19.5 Å². The van der Waals surface area contributed by atoms with Crippen LogP contribution in [0.2, 0.25) is 0 Å². The number of nitrogens with one attached hydrogen (secondary N) is 1. The van der Waals surface area contributed by atoms with Crippen LogP contribution < -0.4 is 14.8 Å². The van der Waals surface area contributed by atoms with Crippen molar-refractivity contribution in [3.63, 3.8) is 0 Å². The number of ether oxygens (including phenoxy) is 3. The van der Waals surface area contributed by atoms with Gasteiger partial charge in [-0.15, -0.1) is 11.3 Å². The average Bonchev–Trinajstić information content (AvgIpc) is 3.42. The van der Waals surface area contributed by atoms with Gasteiger partial charge in [-0.2, -0.15) is 0 Å². The molecule has 1 N–H and O–H groups in total. The number of carbonyl (C=O) groups is 2. The number of hydrogen-bond acceptors (Lipinski definition) is 6. The summed E-state index contributed by atoms with van der Waals surface area (Å²) in [5, 5.41) is 2.98. The minimum absolute atomic E-state index is 0.214. The van der Waals surface area contributed by atoms with E-state index in [4.69, 9.17) is 14.2 Å². The summed E-state index contributed by atoms with van der Waals surface area (Å²) in [4.78, 5) is 26.5. The van der Waals surface area contributed by atoms with Crippen molar-refractivity contribution in [3.8, 4) is 33.1 Å². The SMILES string of the molecule is CC.COC(=O)Cc1ccc(-c2cccc(NC(=O)c3cccc(-c4ccc(OC)cc4OC)c3)c2)s1. The van der Waals surface area contributed by atoms with Gasteiger partial charge in [-0.05, 0) is 59.7 Å². The molecule has 192 valence electrons. The zero-order valence-electron chi connectivity index (χ0n) is 21.7. The van der Waals surface area contributed by atoms with Crippen LogP contribution >= 0.6 is 11.3 Å². The van der Waals surface area contributed by atoms with Crippen molar-refractivity contribution in [1.82, 2.24) is 0 Å². The third-order valence-corrected chi connectivity index (χ3v) is 6.59. The lowest BCUT2D eigenvalue weighted by Gasteiger charge is -2.12. The molecule has 4 rings (SSSR count). The standard InChI is InChI=1S/C28H25NO5S.C2H6/c1-32-22-10-12-24(25(16-22)33-2)18-6-4-8-20(14-18)28(31)29-21-9-5-7-19(15-21)26-13-11-23(35-26)17-27(30)34-3;1-2/h4-16H,17H2,1-3H3,(H,29,31);1-2H3. The first-order chi connectivity index (χ1) is 18.0. The van der Waals surface area contributed by atoms with E-state index in [0.29, 0.717) is 22.7 Å². The number of hydrogen-bond donors (Lipinski definition) is 1. The highest BCUT2D eigenvalue weighted by Crippen LogP contribution is 2.34. The Balaban J connectivity index is 0.00000186. The second-order valence-corrected chi connectivity index (χ2v) is 8.87. The Kier molecular flexibility index (Phi) is 9.86. The largest absolute Gasteiger partial charge is 0.497 e. The van der Waals surface area contributed by atoms with Crippen molar-refractivity contribution in [2.24, 2.45) is 0 Å². The van der Waals surface area contributed by atoms with Gasteiger partial charge in [0.25, 0.3) is 5.91 Å². The monoisotopic (exact) mass is 517 g/mol. The zero-order valence-corrected chi connectivity index (χ0v) is 22.5. The molecule has 0 saturated carbocycles. The van der Waals surface area contributed by atoms with Gasteiger partial charge in [0.15, 0.2) is 0 Å². The lowest BCUT2D eigenvalue weighted by atomic mass is 10.0. The topological polar surface area (TPSA) is 73.9 Å². The van der Waals surface area contributed by atoms with Gasteiger partial charge in [-0.1, -0.05) is 38.1 Å². The molecule has 0 saturated heterocycles. The number of rotatable bonds is 8. The van der Waals surface area contributed by atoms with Gasteiger partial charge in [-0.25, -0.2) is 0 Å². The number of benzene rings is 3. The molecule has 1 aromatic heterocycles. The Labute approximate surface area is 221 Å². The molecule has 0 aliphatic carbocycles. The molecule has 4 aromatic rings. The predicted molar refractivity (Wildman–Crippen MR) is 150 cm³/mol. The van der Waals surface area contributed by atoms with Crippen LogP contribution in [0.1, 0.15) is 29.1 Å². The maximum Gasteiger partial charge on any atom is 0.310 e. The summed E-state index contributed by atoms with van der Waals surface area (Å²) in [6.07, 6.45) is 0.243. The quantitative estimate of drug-likeness (QED) is 0.253. The fourth-order valence-electron chi connectivity index (χ4n) is 3.66. The van der Waals surface area contributed by atoms with E-state index in [9.17, 15) is 9.59 Å². The first-order valence-corrected chi connectivity index (χ1v) is 12.7. The molecule has 0 aliphatic rings. The van der Waals surface area contributed by atoms with Gasteiger partial charge in [-0.3, -0.25) is 9.59 Å². The molecule has 1 heterocycles. The molecule has 0 fully saturated rings. The minimum atomic E-state index is -0.270. The van der Waals surface area contributed by atoms with Crippen LogP contribution in [0.5, 0.6) is 11.5 Å². The van der Waals surface area contributed by atoms with E-state index >= 15 is 0 Å². The van der Waals surface area contributed by atoms with Gasteiger partial charge >= 0.3 is 5.97 Å². The van der Waals surface area contributed by atoms with E-state index in [0.717, 1.165) is 26.4 Å². The van der Waals surface area contributed by atoms with Crippen molar-refractivity contribution in [2.45, 2.75) is 20.3 Å². The second-order valence-electron chi connectivity index (χ2n) is 7.70. The number of thiophene rings is 1. The van der Waals surface area contributed by atoms with E-state index in [1.165, 1.54) is 18.4 Å². The first kappa shape index (κ1) is 27.5. The average molecular weight is 518 g/mol. The van der Waals surface area contributed by atoms with Crippen molar-refractivity contribution in [1.29, 1.82) is 0 Å². The summed E-state index contributed by atoms with van der Waals surface area (Å²) in [5.74, 6) is 0.877. The normalized spacial score (nSPS) is 10.1. The summed E-state index contributed by atoms with van der Waals surface area (Å²) in [7, 11) is 4.59. The van der Waals surface area contributed by atoms with Crippen molar-refractivity contribution < 1.29 is 23.8 Å². The van der Waals surface area contributed by atoms with Crippen LogP contribution in [0.3, 0.4) is 0 Å². The molecule has 3 aromatic carbocycles. The summed E-state index contributed by atoms with van der Waals surface area (Å²) in [6, 6.07) is 24.5. The molecular weight excluding hydrogens is 486 g/mol. The smallest absolute Gasteiger partial charge is 0.310 e. The summed E-state index contributed by atoms with van der Waals surface area (Å²) < 4.78 is 15.5. The second kappa shape index (κ2) is 13.3. The van der Waals surface area contributed by atoms with E-state index in [1.54, 1.807) is 20.3 Å². The van der Waals surface area contributed by atoms with E-state index in [1.807, 2.05) is 86.6 Å². The molecule has 37 heavy (non-hydrogen) atoms. The van der Waals surface area contributed by atoms with Crippen molar-refractivity contribution >= 4 is 28.9 Å². The van der Waals surface area contributed by atoms with Crippen LogP contribution in [0, 0.1) is 0 Å². The van der Waals surface area contributed by atoms with Gasteiger partial charge in [0.1, 0.15) is 11.5 Å². The predicted octanol–water partition coefficient (Wildman–Crippen LogP) is 7.09. The third kappa shape index (κ3) is 6.98. The summed E-state index contributed by atoms with van der Waals surface area (Å²) >= 11 is 1.52. The van der Waals surface area contributed by atoms with E-state index in [-0.39, 0.29) is 18.3 Å². The number of esters is 1. The Hall–Kier alpha value is -4.10. The van der Waals surface area contributed by atoms with Crippen LogP contribution in [0.15, 0.2) is 78.9 Å². The highest BCUT2D eigenvalue weighted by molar-refractivity contribution is 7.15. The molecular formula is C30H31NO5S. The van der Waals surface area contributed by atoms with E-state index in [2.05, 4.69) is 5.32 Å². The number of methoxy groups -OCH3 is 3. The van der Waals surface area contributed by atoms with E-state index < -0.39 is 0 Å². The van der Waals surface area contributed by atoms with Crippen LogP contribution in [0.4, 0.5) is 5.69 Å². The molecule has 0 bridgehead atoms. The maximum atomic E-state index is 13.0. The van der Waals surface area contributed by atoms with Crippen LogP contribution in [-0.2, 0) is 16.0 Å². The Morgan fingerprint density at radius 3 is 2.30 bits per heavy atom. The lowest BCUT2D eigenvalue weighted by molar-refractivity contribution is -0.139. The number of amides is 1. The summed E-state index contributed by atoms with van der Waals surface area (Å²) in [5.41, 5.74) is 3.90. The fraction of sp³-hybridized carbons (Fsp3) is 0.200. The molecule has 0 aliphatic heterocycles. The molecule has 0 spiro atoms. The van der Waals surface area contributed by atoms with Gasteiger partial charge in [0, 0.05) is 32.6 Å². The molecule has 0 atom stereocenters. The molecule has 7 heteroatoms. The highest BCUT2D eigenvalue weighted by atomic mass is 32.1. The van der Waals surface area contributed by atoms with Crippen molar-refractivity contribution in [3.05, 3.63) is 89.3 Å². The number of anilines is 1. The number of carbonyl (C=O) groups excluding carboxylic acids is 2. The lowest BCUT2D eigenvalue weighted by Crippen LogP contribution is -2.11. The van der Waals surface area contributed by atoms with Gasteiger partial charge in [0.2, 0.25) is 0 Å². The van der Waals surface area contributed by atoms with Crippen molar-refractivity contribution in [2.75, 3.05) is 26.6 Å². The molecule has 0 unspecified atom stereocenters. The fourth-order valence-corrected chi connectivity index (χ4v) is 4.65. The van der Waals surface area contributed by atoms with Gasteiger partial charge in [0.05, 0.1) is 27.8 Å². The zero-order chi connectivity index (χ0) is 26.8. The maximum absolute atomic E-state index is 13.0. The Morgan fingerprint density at radius 2 is 1.57 bits per heavy atom. The highest BCUT2D eigenvalue weighted by Gasteiger charge is 2.13. The third-order valence-electron chi connectivity index (χ3n) is 5.46. The molecule has 0 radical (unpaired) electrons. The Bertz CT molecular complexity index is 1360.